The number of aryl methyl sites for hydroxylation is 1. The van der Waals surface area contributed by atoms with Crippen LogP contribution in [0.4, 0.5) is 5.69 Å². The SMILES string of the molecule is Cc1cc(C(=O)Nc2ccc(C(=O)O)cc2O)sc1Br. The fourth-order valence-corrected chi connectivity index (χ4v) is 2.96. The molecule has 0 saturated heterocycles. The van der Waals surface area contributed by atoms with E-state index in [9.17, 15) is 14.7 Å². The van der Waals surface area contributed by atoms with Crippen molar-refractivity contribution < 1.29 is 19.8 Å². The van der Waals surface area contributed by atoms with Gasteiger partial charge in [0.25, 0.3) is 5.91 Å². The molecule has 0 unspecified atom stereocenters. The van der Waals surface area contributed by atoms with Crippen molar-refractivity contribution >= 4 is 44.8 Å². The molecule has 0 spiro atoms. The molecule has 0 fully saturated rings. The highest BCUT2D eigenvalue weighted by molar-refractivity contribution is 9.11. The van der Waals surface area contributed by atoms with Gasteiger partial charge in [-0.2, -0.15) is 0 Å². The number of aromatic carboxylic acids is 1. The van der Waals surface area contributed by atoms with E-state index in [1.165, 1.54) is 23.5 Å². The van der Waals surface area contributed by atoms with Crippen LogP contribution in [0, 0.1) is 6.92 Å². The summed E-state index contributed by atoms with van der Waals surface area (Å²) < 4.78 is 0.869. The van der Waals surface area contributed by atoms with Crippen LogP contribution in [-0.4, -0.2) is 22.1 Å². The first kappa shape index (κ1) is 14.5. The number of carbonyl (C=O) groups is 2. The number of anilines is 1. The van der Waals surface area contributed by atoms with Gasteiger partial charge in [0, 0.05) is 0 Å². The van der Waals surface area contributed by atoms with Crippen LogP contribution in [0.15, 0.2) is 28.1 Å². The van der Waals surface area contributed by atoms with E-state index in [2.05, 4.69) is 21.2 Å². The quantitative estimate of drug-likeness (QED) is 0.735. The van der Waals surface area contributed by atoms with Gasteiger partial charge in [0.2, 0.25) is 0 Å². The van der Waals surface area contributed by atoms with Crippen molar-refractivity contribution in [1.82, 2.24) is 0 Å². The zero-order valence-electron chi connectivity index (χ0n) is 10.3. The van der Waals surface area contributed by atoms with Crippen LogP contribution >= 0.6 is 27.3 Å². The summed E-state index contributed by atoms with van der Waals surface area (Å²) in [5.74, 6) is -1.79. The fourth-order valence-electron chi connectivity index (χ4n) is 1.53. The largest absolute Gasteiger partial charge is 0.506 e. The normalized spacial score (nSPS) is 10.3. The highest BCUT2D eigenvalue weighted by atomic mass is 79.9. The van der Waals surface area contributed by atoms with E-state index in [1.54, 1.807) is 6.07 Å². The number of benzene rings is 1. The molecule has 1 aromatic carbocycles. The first-order chi connectivity index (χ1) is 9.38. The summed E-state index contributed by atoms with van der Waals surface area (Å²) in [6.45, 7) is 1.87. The molecule has 0 atom stereocenters. The van der Waals surface area contributed by atoms with E-state index in [-0.39, 0.29) is 22.9 Å². The van der Waals surface area contributed by atoms with Gasteiger partial charge in [-0.3, -0.25) is 4.79 Å². The molecule has 0 aliphatic heterocycles. The summed E-state index contributed by atoms with van der Waals surface area (Å²) in [7, 11) is 0. The molecule has 2 aromatic rings. The molecular formula is C13H10BrNO4S. The van der Waals surface area contributed by atoms with Gasteiger partial charge < -0.3 is 15.5 Å². The lowest BCUT2D eigenvalue weighted by Gasteiger charge is -2.06. The lowest BCUT2D eigenvalue weighted by Crippen LogP contribution is -2.10. The summed E-state index contributed by atoms with van der Waals surface area (Å²) in [6, 6.07) is 5.49. The second-order valence-corrected chi connectivity index (χ2v) is 6.43. The van der Waals surface area contributed by atoms with Gasteiger partial charge in [-0.1, -0.05) is 0 Å². The number of hydrogen-bond donors (Lipinski definition) is 3. The number of carbonyl (C=O) groups excluding carboxylic acids is 1. The summed E-state index contributed by atoms with van der Waals surface area (Å²) in [4.78, 5) is 23.2. The molecular weight excluding hydrogens is 346 g/mol. The van der Waals surface area contributed by atoms with E-state index in [4.69, 9.17) is 5.11 Å². The van der Waals surface area contributed by atoms with Gasteiger partial charge in [0.1, 0.15) is 5.75 Å². The maximum atomic E-state index is 12.0. The van der Waals surface area contributed by atoms with E-state index < -0.39 is 5.97 Å². The minimum Gasteiger partial charge on any atom is -0.506 e. The van der Waals surface area contributed by atoms with Crippen LogP contribution in [0.25, 0.3) is 0 Å². The molecule has 1 heterocycles. The van der Waals surface area contributed by atoms with Crippen molar-refractivity contribution in [3.63, 3.8) is 0 Å². The third kappa shape index (κ3) is 3.00. The number of hydrogen-bond acceptors (Lipinski definition) is 4. The molecule has 5 nitrogen and oxygen atoms in total. The van der Waals surface area contributed by atoms with Gasteiger partial charge in [-0.25, -0.2) is 4.79 Å². The van der Waals surface area contributed by atoms with Gasteiger partial charge in [0.05, 0.1) is 19.9 Å². The van der Waals surface area contributed by atoms with E-state index in [0.29, 0.717) is 4.88 Å². The van der Waals surface area contributed by atoms with Gasteiger partial charge in [-0.05, 0) is 52.7 Å². The summed E-state index contributed by atoms with van der Waals surface area (Å²) >= 11 is 4.62. The smallest absolute Gasteiger partial charge is 0.335 e. The average Bonchev–Trinajstić information content (AvgIpc) is 2.72. The average molecular weight is 356 g/mol. The molecule has 0 radical (unpaired) electrons. The number of amides is 1. The number of rotatable bonds is 3. The first-order valence-electron chi connectivity index (χ1n) is 5.52. The minimum atomic E-state index is -1.14. The highest BCUT2D eigenvalue weighted by Gasteiger charge is 2.14. The predicted octanol–water partition coefficient (Wildman–Crippen LogP) is 3.48. The van der Waals surface area contributed by atoms with Crippen molar-refractivity contribution in [2.75, 3.05) is 5.32 Å². The topological polar surface area (TPSA) is 86.6 Å². The van der Waals surface area contributed by atoms with Crippen molar-refractivity contribution in [1.29, 1.82) is 0 Å². The second-order valence-electron chi connectivity index (χ2n) is 4.06. The van der Waals surface area contributed by atoms with Gasteiger partial charge >= 0.3 is 5.97 Å². The number of thiophene rings is 1. The lowest BCUT2D eigenvalue weighted by molar-refractivity contribution is 0.0696. The number of carboxylic acid groups (broad SMARTS) is 1. The number of halogens is 1. The Morgan fingerprint density at radius 1 is 1.30 bits per heavy atom. The molecule has 104 valence electrons. The van der Waals surface area contributed by atoms with Crippen LogP contribution in [-0.2, 0) is 0 Å². The van der Waals surface area contributed by atoms with E-state index in [1.807, 2.05) is 6.92 Å². The highest BCUT2D eigenvalue weighted by Crippen LogP contribution is 2.29. The van der Waals surface area contributed by atoms with Crippen molar-refractivity contribution in [2.24, 2.45) is 0 Å². The minimum absolute atomic E-state index is 0.0461. The standard InChI is InChI=1S/C13H10BrNO4S/c1-6-4-10(20-11(6)14)12(17)15-8-3-2-7(13(18)19)5-9(8)16/h2-5,16H,1H3,(H,15,17)(H,18,19). The lowest BCUT2D eigenvalue weighted by atomic mass is 10.2. The van der Waals surface area contributed by atoms with E-state index >= 15 is 0 Å². The molecule has 0 aliphatic carbocycles. The van der Waals surface area contributed by atoms with Gasteiger partial charge in [-0.15, -0.1) is 11.3 Å². The number of nitrogens with one attached hydrogen (secondary N) is 1. The van der Waals surface area contributed by atoms with Gasteiger partial charge in [0.15, 0.2) is 0 Å². The number of carboxylic acids is 1. The van der Waals surface area contributed by atoms with Crippen molar-refractivity contribution in [2.45, 2.75) is 6.92 Å². The third-order valence-corrected chi connectivity index (χ3v) is 4.71. The maximum absolute atomic E-state index is 12.0. The molecule has 0 bridgehead atoms. The molecule has 3 N–H and O–H groups in total. The monoisotopic (exact) mass is 355 g/mol. The summed E-state index contributed by atoms with van der Waals surface area (Å²) in [5, 5.41) is 21.0. The molecule has 7 heteroatoms. The number of aromatic hydroxyl groups is 1. The Labute approximate surface area is 127 Å². The Hall–Kier alpha value is -1.86. The number of phenols is 1. The van der Waals surface area contributed by atoms with Crippen LogP contribution in [0.5, 0.6) is 5.75 Å². The second kappa shape index (κ2) is 5.64. The molecule has 0 saturated carbocycles. The van der Waals surface area contributed by atoms with Crippen molar-refractivity contribution in [3.8, 4) is 5.75 Å². The molecule has 20 heavy (non-hydrogen) atoms. The number of phenolic OH excluding ortho intramolecular Hbond substituents is 1. The van der Waals surface area contributed by atoms with Crippen LogP contribution in [0.1, 0.15) is 25.6 Å². The van der Waals surface area contributed by atoms with Crippen LogP contribution < -0.4 is 5.32 Å². The van der Waals surface area contributed by atoms with Crippen molar-refractivity contribution in [3.05, 3.63) is 44.1 Å². The molecule has 1 aromatic heterocycles. The Balaban J connectivity index is 2.21. The van der Waals surface area contributed by atoms with E-state index in [0.717, 1.165) is 15.4 Å². The first-order valence-corrected chi connectivity index (χ1v) is 7.13. The molecule has 2 rings (SSSR count). The third-order valence-electron chi connectivity index (χ3n) is 2.57. The maximum Gasteiger partial charge on any atom is 0.335 e. The Morgan fingerprint density at radius 3 is 2.50 bits per heavy atom. The summed E-state index contributed by atoms with van der Waals surface area (Å²) in [6.07, 6.45) is 0. The fraction of sp³-hybridized carbons (Fsp3) is 0.0769. The van der Waals surface area contributed by atoms with Crippen LogP contribution in [0.3, 0.4) is 0 Å². The summed E-state index contributed by atoms with van der Waals surface area (Å²) in [5.41, 5.74) is 1.07. The molecule has 0 aliphatic rings. The zero-order valence-corrected chi connectivity index (χ0v) is 12.7. The Bertz CT molecular complexity index is 676. The Morgan fingerprint density at radius 2 is 2.00 bits per heavy atom. The Kier molecular flexibility index (Phi) is 4.10. The predicted molar refractivity (Wildman–Crippen MR) is 79.8 cm³/mol. The van der Waals surface area contributed by atoms with Crippen LogP contribution in [0.2, 0.25) is 0 Å². The zero-order chi connectivity index (χ0) is 14.9. The molecule has 1 amide bonds.